The summed E-state index contributed by atoms with van der Waals surface area (Å²) in [7, 11) is 3.11. The molecule has 3 aliphatic rings. The highest BCUT2D eigenvalue weighted by Gasteiger charge is 2.63. The highest BCUT2D eigenvalue weighted by Crippen LogP contribution is 2.52. The van der Waals surface area contributed by atoms with Crippen LogP contribution in [0.3, 0.4) is 0 Å². The fourth-order valence-electron chi connectivity index (χ4n) is 6.27. The van der Waals surface area contributed by atoms with E-state index in [1.807, 2.05) is 0 Å². The van der Waals surface area contributed by atoms with Gasteiger partial charge in [-0.05, 0) is 62.7 Å². The molecule has 1 aromatic heterocycles. The third-order valence-corrected chi connectivity index (χ3v) is 7.97. The Balaban J connectivity index is 1.65. The number of Topliss-reactive ketones (excluding diaryl/α,β-unsaturated/α-hetero) is 3. The van der Waals surface area contributed by atoms with Crippen LogP contribution in [0.5, 0.6) is 5.75 Å². The molecule has 0 spiro atoms. The minimum atomic E-state index is -2.72. The summed E-state index contributed by atoms with van der Waals surface area (Å²) >= 11 is 0. The van der Waals surface area contributed by atoms with Crippen LogP contribution in [0.2, 0.25) is 0 Å². The molecule has 5 rings (SSSR count). The number of carbonyl (C=O) groups excluding carboxylic acids is 4. The maximum absolute atomic E-state index is 13.7. The summed E-state index contributed by atoms with van der Waals surface area (Å²) in [4.78, 5) is 58.1. The number of hydrogen-bond acceptors (Lipinski definition) is 10. The van der Waals surface area contributed by atoms with Crippen molar-refractivity contribution in [2.24, 2.45) is 17.6 Å². The molecule has 202 valence electrons. The first-order valence-electron chi connectivity index (χ1n) is 12.3. The van der Waals surface area contributed by atoms with Crippen LogP contribution in [0.1, 0.15) is 38.4 Å². The molecule has 0 aliphatic heterocycles. The molecule has 2 aromatic rings. The minimum Gasteiger partial charge on any atom is -0.510 e. The van der Waals surface area contributed by atoms with Crippen LogP contribution in [0, 0.1) is 11.8 Å². The average molecular weight is 534 g/mol. The summed E-state index contributed by atoms with van der Waals surface area (Å²) in [5.74, 6) is -7.69. The summed E-state index contributed by atoms with van der Waals surface area (Å²) < 4.78 is 0. The first-order valence-corrected chi connectivity index (χ1v) is 12.3. The maximum atomic E-state index is 13.7. The summed E-state index contributed by atoms with van der Waals surface area (Å²) in [6.45, 7) is 0. The second-order valence-corrected chi connectivity index (χ2v) is 10.4. The fourth-order valence-corrected chi connectivity index (χ4v) is 6.27. The zero-order chi connectivity index (χ0) is 28.4. The number of phenolic OH excluding ortho intramolecular Hbond substituents is 1. The molecule has 0 saturated heterocycles. The van der Waals surface area contributed by atoms with Crippen molar-refractivity contribution < 1.29 is 39.6 Å². The zero-order valence-electron chi connectivity index (χ0n) is 21.2. The van der Waals surface area contributed by atoms with Crippen LogP contribution < -0.4 is 5.73 Å². The van der Waals surface area contributed by atoms with Gasteiger partial charge in [-0.15, -0.1) is 0 Å². The lowest BCUT2D eigenvalue weighted by Gasteiger charge is -2.50. The molecular weight excluding hydrogens is 506 g/mol. The third-order valence-electron chi connectivity index (χ3n) is 7.97. The molecule has 0 fully saturated rings. The number of phenols is 1. The van der Waals surface area contributed by atoms with Crippen molar-refractivity contribution in [1.29, 1.82) is 0 Å². The number of nitrogens with zero attached hydrogens (tertiary/aromatic N) is 2. The minimum absolute atomic E-state index is 0.0340. The summed E-state index contributed by atoms with van der Waals surface area (Å²) in [6.07, 6.45) is 1.49. The number of rotatable bonds is 5. The molecule has 39 heavy (non-hydrogen) atoms. The Morgan fingerprint density at radius 2 is 1.85 bits per heavy atom. The predicted octanol–water partition coefficient (Wildman–Crippen LogP) is 0.941. The molecule has 11 heteroatoms. The van der Waals surface area contributed by atoms with Crippen molar-refractivity contribution in [2.45, 2.75) is 30.9 Å². The van der Waals surface area contributed by atoms with E-state index in [-0.39, 0.29) is 47.3 Å². The van der Waals surface area contributed by atoms with E-state index < -0.39 is 63.8 Å². The molecule has 0 saturated carbocycles. The number of fused-ring (bicyclic) bond motifs is 3. The number of aromatic nitrogens is 1. The van der Waals surface area contributed by atoms with Crippen LogP contribution >= 0.6 is 0 Å². The molecule has 0 bridgehead atoms. The zero-order valence-corrected chi connectivity index (χ0v) is 21.2. The standard InChI is InChI=1S/C28H27N3O8/c1-31(2)22-16-10-12-9-15-14(18(33)11-13-5-3-4-8-30-13)6-7-17(32)20(15)23(34)19(12)25(36)28(16,39)26(37)21(24(22)35)27(29)38/h3-8,12,16,22,32,35-36,39H,9-11H2,1-2H3,(H2,29,38)/t12-,16-,22+,28+/m1/s1. The lowest BCUT2D eigenvalue weighted by molar-refractivity contribution is -0.148. The monoisotopic (exact) mass is 533 g/mol. The molecular formula is C28H27N3O8. The van der Waals surface area contributed by atoms with E-state index in [9.17, 15) is 39.6 Å². The number of ketones is 3. The van der Waals surface area contributed by atoms with Gasteiger partial charge in [-0.3, -0.25) is 29.1 Å². The number of primary amides is 1. The number of likely N-dealkylation sites (N-methyl/N-ethyl adjacent to an activating group) is 1. The SMILES string of the molecule is CN(C)[C@@H]1C(O)=C(C(N)=O)C(=O)[C@@]2(O)C(O)=C3C(=O)c4c(O)ccc(C(=O)Cc5ccccn5)c4C[C@@H]3C[C@H]12. The van der Waals surface area contributed by atoms with Gasteiger partial charge >= 0.3 is 0 Å². The van der Waals surface area contributed by atoms with E-state index in [2.05, 4.69) is 4.98 Å². The van der Waals surface area contributed by atoms with Gasteiger partial charge in [-0.2, -0.15) is 0 Å². The van der Waals surface area contributed by atoms with Crippen molar-refractivity contribution >= 4 is 23.3 Å². The highest BCUT2D eigenvalue weighted by atomic mass is 16.3. The second kappa shape index (κ2) is 9.14. The Morgan fingerprint density at radius 3 is 2.46 bits per heavy atom. The first-order chi connectivity index (χ1) is 18.4. The van der Waals surface area contributed by atoms with E-state index in [4.69, 9.17) is 5.73 Å². The normalized spacial score (nSPS) is 26.3. The van der Waals surface area contributed by atoms with Gasteiger partial charge in [0.25, 0.3) is 5.91 Å². The molecule has 11 nitrogen and oxygen atoms in total. The van der Waals surface area contributed by atoms with Crippen molar-refractivity contribution in [3.05, 3.63) is 81.6 Å². The number of pyridine rings is 1. The fraction of sp³-hybridized carbons (Fsp3) is 0.321. The summed E-state index contributed by atoms with van der Waals surface area (Å²) in [5.41, 5.74) is 2.29. The summed E-state index contributed by atoms with van der Waals surface area (Å²) in [5, 5.41) is 44.4. The van der Waals surface area contributed by atoms with E-state index in [0.29, 0.717) is 5.69 Å². The number of nitrogens with two attached hydrogens (primary N) is 1. The highest BCUT2D eigenvalue weighted by molar-refractivity contribution is 6.25. The molecule has 0 unspecified atom stereocenters. The average Bonchev–Trinajstić information content (AvgIpc) is 2.86. The quantitative estimate of drug-likeness (QED) is 0.273. The number of hydrogen-bond donors (Lipinski definition) is 5. The smallest absolute Gasteiger partial charge is 0.255 e. The van der Waals surface area contributed by atoms with Crippen LogP contribution in [-0.4, -0.2) is 79.3 Å². The van der Waals surface area contributed by atoms with Crippen molar-refractivity contribution in [2.75, 3.05) is 14.1 Å². The largest absolute Gasteiger partial charge is 0.510 e. The number of allylic oxidation sites excluding steroid dienone is 1. The summed E-state index contributed by atoms with van der Waals surface area (Å²) in [6, 6.07) is 6.70. The van der Waals surface area contributed by atoms with Crippen LogP contribution in [0.4, 0.5) is 0 Å². The Morgan fingerprint density at radius 1 is 1.13 bits per heavy atom. The van der Waals surface area contributed by atoms with E-state index in [1.54, 1.807) is 38.5 Å². The molecule has 4 atom stereocenters. The van der Waals surface area contributed by atoms with Gasteiger partial charge < -0.3 is 26.2 Å². The lowest BCUT2D eigenvalue weighted by Crippen LogP contribution is -2.63. The molecule has 1 amide bonds. The number of carbonyl (C=O) groups is 4. The predicted molar refractivity (Wildman–Crippen MR) is 136 cm³/mol. The Hall–Kier alpha value is -4.35. The maximum Gasteiger partial charge on any atom is 0.255 e. The van der Waals surface area contributed by atoms with Gasteiger partial charge in [0.05, 0.1) is 18.0 Å². The molecule has 1 heterocycles. The number of aliphatic hydroxyl groups is 3. The van der Waals surface area contributed by atoms with Gasteiger partial charge in [0.1, 0.15) is 22.8 Å². The number of aliphatic hydroxyl groups excluding tert-OH is 2. The Labute approximate surface area is 222 Å². The number of benzene rings is 1. The van der Waals surface area contributed by atoms with Gasteiger partial charge in [0.15, 0.2) is 17.2 Å². The van der Waals surface area contributed by atoms with E-state index in [1.165, 1.54) is 17.0 Å². The number of amides is 1. The van der Waals surface area contributed by atoms with Crippen LogP contribution in [0.25, 0.3) is 0 Å². The van der Waals surface area contributed by atoms with Gasteiger partial charge in [-0.25, -0.2) is 0 Å². The van der Waals surface area contributed by atoms with Gasteiger partial charge in [0.2, 0.25) is 5.78 Å². The Bertz CT molecular complexity index is 1510. The van der Waals surface area contributed by atoms with E-state index >= 15 is 0 Å². The number of aromatic hydroxyl groups is 1. The molecule has 1 aromatic carbocycles. The molecule has 6 N–H and O–H groups in total. The van der Waals surface area contributed by atoms with Crippen LogP contribution in [0.15, 0.2) is 59.2 Å². The molecule has 0 radical (unpaired) electrons. The second-order valence-electron chi connectivity index (χ2n) is 10.4. The van der Waals surface area contributed by atoms with Gasteiger partial charge in [-0.1, -0.05) is 6.07 Å². The van der Waals surface area contributed by atoms with Gasteiger partial charge in [0, 0.05) is 28.9 Å². The Kier molecular flexibility index (Phi) is 6.15. The molecule has 3 aliphatic carbocycles. The van der Waals surface area contributed by atoms with Crippen molar-refractivity contribution in [3.63, 3.8) is 0 Å². The first kappa shape index (κ1) is 26.3. The van der Waals surface area contributed by atoms with Crippen LogP contribution in [-0.2, 0) is 22.4 Å². The topological polar surface area (TPSA) is 191 Å². The van der Waals surface area contributed by atoms with Crippen molar-refractivity contribution in [1.82, 2.24) is 9.88 Å². The van der Waals surface area contributed by atoms with Crippen molar-refractivity contribution in [3.8, 4) is 5.75 Å². The third kappa shape index (κ3) is 3.76. The lowest BCUT2D eigenvalue weighted by atomic mass is 9.58. The van der Waals surface area contributed by atoms with E-state index in [0.717, 1.165) is 0 Å².